The first kappa shape index (κ1) is 22.5. The molecule has 1 N–H and O–H groups in total. The predicted molar refractivity (Wildman–Crippen MR) is 121 cm³/mol. The Bertz CT molecular complexity index is 1130. The van der Waals surface area contributed by atoms with E-state index in [1.54, 1.807) is 41.2 Å². The molecular weight excluding hydrogens is 412 g/mol. The number of aromatic nitrogens is 2. The summed E-state index contributed by atoms with van der Waals surface area (Å²) in [4.78, 5) is 12.4. The van der Waals surface area contributed by atoms with Crippen molar-refractivity contribution in [3.05, 3.63) is 84.2 Å². The van der Waals surface area contributed by atoms with E-state index in [0.717, 1.165) is 16.8 Å². The lowest BCUT2D eigenvalue weighted by Crippen LogP contribution is -2.30. The van der Waals surface area contributed by atoms with Gasteiger partial charge in [0, 0.05) is 37.5 Å². The third kappa shape index (κ3) is 5.68. The molecule has 1 amide bonds. The number of hydrogen-bond donors (Lipinski definition) is 1. The van der Waals surface area contributed by atoms with E-state index in [1.807, 2.05) is 50.4 Å². The van der Waals surface area contributed by atoms with Gasteiger partial charge in [0.1, 0.15) is 0 Å². The Hall–Kier alpha value is -3.23. The molecule has 8 heteroatoms. The highest BCUT2D eigenvalue weighted by atomic mass is 32.2. The maximum absolute atomic E-state index is 12.5. The molecular formula is C23H26N4O3S. The van der Waals surface area contributed by atoms with Gasteiger partial charge >= 0.3 is 0 Å². The lowest BCUT2D eigenvalue weighted by Gasteiger charge is -2.18. The molecule has 0 aliphatic rings. The van der Waals surface area contributed by atoms with Crippen molar-refractivity contribution in [1.29, 1.82) is 0 Å². The Labute approximate surface area is 183 Å². The zero-order valence-electron chi connectivity index (χ0n) is 17.6. The molecule has 0 atom stereocenters. The van der Waals surface area contributed by atoms with Crippen LogP contribution in [-0.2, 0) is 21.4 Å². The van der Waals surface area contributed by atoms with Crippen molar-refractivity contribution in [2.45, 2.75) is 25.3 Å². The van der Waals surface area contributed by atoms with E-state index in [4.69, 9.17) is 0 Å². The minimum Gasteiger partial charge on any atom is -0.348 e. The zero-order valence-corrected chi connectivity index (χ0v) is 18.4. The van der Waals surface area contributed by atoms with Crippen molar-refractivity contribution in [2.24, 2.45) is 0 Å². The zero-order chi connectivity index (χ0) is 22.3. The van der Waals surface area contributed by atoms with Crippen molar-refractivity contribution in [3.63, 3.8) is 0 Å². The Morgan fingerprint density at radius 2 is 1.74 bits per heavy atom. The first-order valence-corrected chi connectivity index (χ1v) is 11.5. The Morgan fingerprint density at radius 3 is 2.39 bits per heavy atom. The smallest absolute Gasteiger partial charge is 0.244 e. The molecule has 1 heterocycles. The van der Waals surface area contributed by atoms with Gasteiger partial charge in [-0.2, -0.15) is 9.40 Å². The highest BCUT2D eigenvalue weighted by Gasteiger charge is 2.21. The highest BCUT2D eigenvalue weighted by molar-refractivity contribution is 7.89. The van der Waals surface area contributed by atoms with Gasteiger partial charge in [0.05, 0.1) is 16.8 Å². The summed E-state index contributed by atoms with van der Waals surface area (Å²) in [6.45, 7) is 4.77. The van der Waals surface area contributed by atoms with Crippen LogP contribution in [0.4, 0.5) is 0 Å². The van der Waals surface area contributed by atoms with E-state index in [9.17, 15) is 13.2 Å². The number of nitrogens with one attached hydrogen (secondary N) is 1. The molecule has 0 aliphatic carbocycles. The van der Waals surface area contributed by atoms with Gasteiger partial charge in [-0.15, -0.1) is 0 Å². The summed E-state index contributed by atoms with van der Waals surface area (Å²) in [6.07, 6.45) is 6.67. The molecule has 2 aromatic carbocycles. The van der Waals surface area contributed by atoms with E-state index in [-0.39, 0.29) is 10.8 Å². The lowest BCUT2D eigenvalue weighted by molar-refractivity contribution is -0.116. The normalized spacial score (nSPS) is 11.8. The summed E-state index contributed by atoms with van der Waals surface area (Å²) in [5, 5.41) is 7.09. The molecule has 0 spiro atoms. The number of amides is 1. The summed E-state index contributed by atoms with van der Waals surface area (Å²) < 4.78 is 28.2. The van der Waals surface area contributed by atoms with Crippen molar-refractivity contribution in [2.75, 3.05) is 13.1 Å². The second kappa shape index (κ2) is 10.2. The number of sulfonamides is 1. The Kier molecular flexibility index (Phi) is 7.38. The quantitative estimate of drug-likeness (QED) is 0.520. The summed E-state index contributed by atoms with van der Waals surface area (Å²) in [5.74, 6) is -0.243. The number of nitrogens with zero attached hydrogens (tertiary/aromatic N) is 3. The minimum absolute atomic E-state index is 0.243. The van der Waals surface area contributed by atoms with Crippen LogP contribution in [0.5, 0.6) is 0 Å². The number of carbonyl (C=O) groups excluding carboxylic acids is 1. The molecule has 162 valence electrons. The maximum atomic E-state index is 12.5. The number of carbonyl (C=O) groups is 1. The molecule has 3 rings (SSSR count). The van der Waals surface area contributed by atoms with Crippen LogP contribution in [0, 0.1) is 0 Å². The first-order chi connectivity index (χ1) is 14.9. The third-order valence-electron chi connectivity index (χ3n) is 4.78. The number of rotatable bonds is 9. The second-order valence-corrected chi connectivity index (χ2v) is 8.78. The van der Waals surface area contributed by atoms with Crippen LogP contribution in [-0.4, -0.2) is 41.5 Å². The highest BCUT2D eigenvalue weighted by Crippen LogP contribution is 2.16. The second-order valence-electron chi connectivity index (χ2n) is 6.84. The van der Waals surface area contributed by atoms with Gasteiger partial charge < -0.3 is 5.32 Å². The maximum Gasteiger partial charge on any atom is 0.244 e. The molecule has 7 nitrogen and oxygen atoms in total. The van der Waals surface area contributed by atoms with Crippen molar-refractivity contribution in [1.82, 2.24) is 19.4 Å². The van der Waals surface area contributed by atoms with Crippen LogP contribution in [0.2, 0.25) is 0 Å². The molecule has 1 aromatic heterocycles. The van der Waals surface area contributed by atoms with Gasteiger partial charge in [-0.25, -0.2) is 13.1 Å². The Balaban J connectivity index is 1.56. The van der Waals surface area contributed by atoms with E-state index in [2.05, 4.69) is 10.4 Å². The summed E-state index contributed by atoms with van der Waals surface area (Å²) in [6, 6.07) is 16.3. The molecule has 0 saturated carbocycles. The first-order valence-electron chi connectivity index (χ1n) is 10.1. The van der Waals surface area contributed by atoms with Crippen molar-refractivity contribution < 1.29 is 13.2 Å². The average molecular weight is 439 g/mol. The van der Waals surface area contributed by atoms with Gasteiger partial charge in [0.2, 0.25) is 15.9 Å². The largest absolute Gasteiger partial charge is 0.348 e. The van der Waals surface area contributed by atoms with Crippen LogP contribution in [0.3, 0.4) is 0 Å². The molecule has 0 bridgehead atoms. The van der Waals surface area contributed by atoms with Gasteiger partial charge in [0.15, 0.2) is 0 Å². The molecule has 31 heavy (non-hydrogen) atoms. The fourth-order valence-electron chi connectivity index (χ4n) is 3.06. The number of hydrogen-bond acceptors (Lipinski definition) is 4. The van der Waals surface area contributed by atoms with Gasteiger partial charge in [-0.3, -0.25) is 4.79 Å². The van der Waals surface area contributed by atoms with Crippen LogP contribution in [0.25, 0.3) is 11.8 Å². The summed E-state index contributed by atoms with van der Waals surface area (Å²) in [5.41, 5.74) is 2.57. The Morgan fingerprint density at radius 1 is 1.06 bits per heavy atom. The summed E-state index contributed by atoms with van der Waals surface area (Å²) in [7, 11) is -3.48. The van der Waals surface area contributed by atoms with Gasteiger partial charge in [0.25, 0.3) is 0 Å². The van der Waals surface area contributed by atoms with Crippen LogP contribution < -0.4 is 5.32 Å². The predicted octanol–water partition coefficient (Wildman–Crippen LogP) is 3.23. The summed E-state index contributed by atoms with van der Waals surface area (Å²) >= 11 is 0. The fraction of sp³-hybridized carbons (Fsp3) is 0.217. The van der Waals surface area contributed by atoms with Crippen LogP contribution in [0.1, 0.15) is 25.0 Å². The number of para-hydroxylation sites is 1. The van der Waals surface area contributed by atoms with Crippen molar-refractivity contribution >= 4 is 22.0 Å². The van der Waals surface area contributed by atoms with Crippen LogP contribution >= 0.6 is 0 Å². The molecule has 0 unspecified atom stereocenters. The standard InChI is InChI=1S/C23H26N4O3S/c1-3-26(4-2)31(29,30)22-13-10-19(11-14-22)16-24-23(28)15-12-20-17-25-27(18-20)21-8-6-5-7-9-21/h5-15,17-18H,3-4,16H2,1-2H3,(H,24,28)/b15-12+. The number of benzene rings is 2. The topological polar surface area (TPSA) is 84.3 Å². The molecule has 3 aromatic rings. The third-order valence-corrected chi connectivity index (χ3v) is 6.85. The van der Waals surface area contributed by atoms with Crippen LogP contribution in [0.15, 0.2) is 78.0 Å². The fourth-order valence-corrected chi connectivity index (χ4v) is 4.51. The monoisotopic (exact) mass is 438 g/mol. The molecule has 0 aliphatic heterocycles. The average Bonchev–Trinajstić information content (AvgIpc) is 3.27. The van der Waals surface area contributed by atoms with E-state index in [0.29, 0.717) is 19.6 Å². The SMILES string of the molecule is CCN(CC)S(=O)(=O)c1ccc(CNC(=O)/C=C/c2cnn(-c3ccccc3)c2)cc1. The molecule has 0 saturated heterocycles. The molecule has 0 fully saturated rings. The van der Waals surface area contributed by atoms with E-state index in [1.165, 1.54) is 10.4 Å². The van der Waals surface area contributed by atoms with Gasteiger partial charge in [-0.1, -0.05) is 44.2 Å². The van der Waals surface area contributed by atoms with Gasteiger partial charge in [-0.05, 0) is 35.9 Å². The van der Waals surface area contributed by atoms with E-state index < -0.39 is 10.0 Å². The minimum atomic E-state index is -3.48. The molecule has 0 radical (unpaired) electrons. The lowest BCUT2D eigenvalue weighted by atomic mass is 10.2. The van der Waals surface area contributed by atoms with Crippen molar-refractivity contribution in [3.8, 4) is 5.69 Å². The van der Waals surface area contributed by atoms with E-state index >= 15 is 0 Å².